The number of nitrogens with one attached hydrogen (secondary N) is 2. The molecule has 2 heterocycles. The number of non-ortho nitro benzene ring substituents is 1. The molecule has 0 spiro atoms. The number of amides is 1. The molecular formula is C23H24N4O6. The number of nitro benzene ring substituents is 1. The van der Waals surface area contributed by atoms with E-state index in [2.05, 4.69) is 15.2 Å². The van der Waals surface area contributed by atoms with E-state index < -0.39 is 28.2 Å². The normalized spacial score (nSPS) is 20.6. The Morgan fingerprint density at radius 1 is 1.33 bits per heavy atom. The number of oxazole rings is 1. The molecule has 0 unspecified atom stereocenters. The van der Waals surface area contributed by atoms with Crippen LogP contribution in [0, 0.1) is 10.1 Å². The van der Waals surface area contributed by atoms with Gasteiger partial charge in [-0.2, -0.15) is 0 Å². The number of likely N-dealkylation sites (tertiary alicyclic amines) is 1. The first-order valence-corrected chi connectivity index (χ1v) is 10.9. The van der Waals surface area contributed by atoms with Crippen LogP contribution in [0.3, 0.4) is 0 Å². The zero-order valence-corrected chi connectivity index (χ0v) is 17.8. The number of carbonyl (C=O) groups excluding carboxylic acids is 1. The van der Waals surface area contributed by atoms with Crippen molar-refractivity contribution in [2.45, 2.75) is 36.8 Å². The molecule has 1 aliphatic carbocycles. The summed E-state index contributed by atoms with van der Waals surface area (Å²) >= 11 is 0. The number of nitro groups is 1. The van der Waals surface area contributed by atoms with Crippen molar-refractivity contribution in [1.29, 1.82) is 0 Å². The molecule has 2 fully saturated rings. The van der Waals surface area contributed by atoms with E-state index in [0.717, 1.165) is 5.56 Å². The lowest BCUT2D eigenvalue weighted by Gasteiger charge is -2.27. The fourth-order valence-corrected chi connectivity index (χ4v) is 4.64. The second kappa shape index (κ2) is 8.13. The molecule has 2 atom stereocenters. The van der Waals surface area contributed by atoms with E-state index in [4.69, 9.17) is 4.42 Å². The number of nitrogens with zero attached hydrogens (tertiary/aromatic N) is 2. The van der Waals surface area contributed by atoms with Gasteiger partial charge in [0.05, 0.1) is 28.0 Å². The van der Waals surface area contributed by atoms with Crippen molar-refractivity contribution in [2.24, 2.45) is 0 Å². The maximum atomic E-state index is 13.5. The van der Waals surface area contributed by atoms with Gasteiger partial charge < -0.3 is 14.8 Å². The number of benzene rings is 2. The molecule has 1 amide bonds. The Labute approximate surface area is 188 Å². The highest BCUT2D eigenvalue weighted by Crippen LogP contribution is 2.49. The zero-order valence-electron chi connectivity index (χ0n) is 17.8. The lowest BCUT2D eigenvalue weighted by molar-refractivity contribution is -0.384. The van der Waals surface area contributed by atoms with Crippen molar-refractivity contribution in [3.05, 3.63) is 74.3 Å². The number of rotatable bonds is 7. The highest BCUT2D eigenvalue weighted by atomic mass is 16.6. The van der Waals surface area contributed by atoms with Crippen LogP contribution < -0.4 is 11.1 Å². The predicted molar refractivity (Wildman–Crippen MR) is 119 cm³/mol. The number of hydrogen-bond acceptors (Lipinski definition) is 7. The Morgan fingerprint density at radius 3 is 2.85 bits per heavy atom. The van der Waals surface area contributed by atoms with Crippen molar-refractivity contribution in [1.82, 2.24) is 15.2 Å². The molecule has 0 bridgehead atoms. The number of aliphatic hydroxyl groups is 1. The van der Waals surface area contributed by atoms with Crippen LogP contribution in [-0.2, 0) is 10.2 Å². The van der Waals surface area contributed by atoms with Crippen LogP contribution in [0.15, 0.2) is 51.7 Å². The van der Waals surface area contributed by atoms with E-state index in [1.54, 1.807) is 30.3 Å². The number of H-pyrrole nitrogens is 1. The summed E-state index contributed by atoms with van der Waals surface area (Å²) in [4.78, 5) is 40.5. The van der Waals surface area contributed by atoms with Crippen molar-refractivity contribution in [2.75, 3.05) is 19.6 Å². The third-order valence-electron chi connectivity index (χ3n) is 6.63. The molecule has 5 rings (SSSR count). The minimum atomic E-state index is -0.716. The highest BCUT2D eigenvalue weighted by Gasteiger charge is 2.52. The van der Waals surface area contributed by atoms with Crippen molar-refractivity contribution in [3.63, 3.8) is 0 Å². The molecule has 33 heavy (non-hydrogen) atoms. The Morgan fingerprint density at radius 2 is 2.15 bits per heavy atom. The van der Waals surface area contributed by atoms with Gasteiger partial charge in [-0.15, -0.1) is 0 Å². The van der Waals surface area contributed by atoms with Gasteiger partial charge in [0.25, 0.3) is 5.69 Å². The minimum absolute atomic E-state index is 0.0382. The third kappa shape index (κ3) is 4.14. The van der Waals surface area contributed by atoms with E-state index >= 15 is 0 Å². The molecule has 1 saturated carbocycles. The number of aromatic amines is 1. The van der Waals surface area contributed by atoms with Gasteiger partial charge in [-0.05, 0) is 42.5 Å². The summed E-state index contributed by atoms with van der Waals surface area (Å²) in [6, 6.07) is 11.1. The van der Waals surface area contributed by atoms with Crippen molar-refractivity contribution in [3.8, 4) is 0 Å². The number of fused-ring (bicyclic) bond motifs is 1. The first-order chi connectivity index (χ1) is 15.8. The first-order valence-electron chi connectivity index (χ1n) is 10.9. The van der Waals surface area contributed by atoms with Gasteiger partial charge in [-0.3, -0.25) is 24.8 Å². The molecule has 1 aromatic heterocycles. The van der Waals surface area contributed by atoms with Gasteiger partial charge in [-0.25, -0.2) is 4.79 Å². The number of hydrogen-bond donors (Lipinski definition) is 3. The van der Waals surface area contributed by atoms with Gasteiger partial charge in [0.15, 0.2) is 5.58 Å². The Hall–Kier alpha value is -3.50. The van der Waals surface area contributed by atoms with Gasteiger partial charge >= 0.3 is 5.76 Å². The molecule has 0 radical (unpaired) electrons. The van der Waals surface area contributed by atoms with Crippen LogP contribution in [0.2, 0.25) is 0 Å². The summed E-state index contributed by atoms with van der Waals surface area (Å²) in [5.74, 6) is -0.709. The smallest absolute Gasteiger partial charge is 0.408 e. The summed E-state index contributed by atoms with van der Waals surface area (Å²) in [5, 5.41) is 24.3. The maximum absolute atomic E-state index is 13.5. The molecule has 172 valence electrons. The van der Waals surface area contributed by atoms with E-state index in [9.17, 15) is 24.8 Å². The van der Waals surface area contributed by atoms with E-state index in [1.807, 2.05) is 0 Å². The second-order valence-corrected chi connectivity index (χ2v) is 8.89. The van der Waals surface area contributed by atoms with Crippen LogP contribution in [-0.4, -0.2) is 51.6 Å². The summed E-state index contributed by atoms with van der Waals surface area (Å²) in [6.07, 6.45) is 1.57. The van der Waals surface area contributed by atoms with E-state index in [0.29, 0.717) is 55.6 Å². The molecule has 3 N–H and O–H groups in total. The third-order valence-corrected chi connectivity index (χ3v) is 6.63. The predicted octanol–water partition coefficient (Wildman–Crippen LogP) is 1.98. The monoisotopic (exact) mass is 452 g/mol. The van der Waals surface area contributed by atoms with Crippen molar-refractivity contribution < 1.29 is 19.2 Å². The van der Waals surface area contributed by atoms with Crippen LogP contribution in [0.1, 0.15) is 36.4 Å². The Bertz CT molecular complexity index is 1280. The van der Waals surface area contributed by atoms with Gasteiger partial charge in [0.1, 0.15) is 0 Å². The standard InChI is InChI=1S/C23H24N4O6/c28-17-6-9-26(12-17)13-19(14-2-1-3-16(10-14)27(31)32)24-21(29)23(7-8-23)15-4-5-20-18(11-15)25-22(30)33-20/h1-5,10-11,17,19,28H,6-9,12-13H2,(H,24,29)(H,25,30)/t17-,19+/m0/s1. The van der Waals surface area contributed by atoms with Crippen LogP contribution in [0.4, 0.5) is 5.69 Å². The second-order valence-electron chi connectivity index (χ2n) is 8.89. The number of carbonyl (C=O) groups is 1. The topological polar surface area (TPSA) is 142 Å². The Kier molecular flexibility index (Phi) is 5.26. The molecule has 3 aromatic rings. The lowest BCUT2D eigenvalue weighted by atomic mass is 9.93. The summed E-state index contributed by atoms with van der Waals surface area (Å²) in [5.41, 5.74) is 1.65. The fourth-order valence-electron chi connectivity index (χ4n) is 4.64. The number of aliphatic hydroxyl groups excluding tert-OH is 1. The first kappa shape index (κ1) is 21.4. The van der Waals surface area contributed by atoms with Gasteiger partial charge in [-0.1, -0.05) is 18.2 Å². The average Bonchev–Trinajstić information content (AvgIpc) is 3.38. The largest absolute Gasteiger partial charge is 0.417 e. The lowest BCUT2D eigenvalue weighted by Crippen LogP contribution is -2.42. The Balaban J connectivity index is 1.42. The summed E-state index contributed by atoms with van der Waals surface area (Å²) in [6.45, 7) is 1.63. The molecular weight excluding hydrogens is 428 g/mol. The van der Waals surface area contributed by atoms with Crippen LogP contribution >= 0.6 is 0 Å². The van der Waals surface area contributed by atoms with E-state index in [-0.39, 0.29) is 11.6 Å². The SMILES string of the molecule is O=C(N[C@H](CN1CC[C@H](O)C1)c1cccc([N+](=O)[O-])c1)C1(c2ccc3oc(=O)[nH]c3c2)CC1. The zero-order chi connectivity index (χ0) is 23.2. The minimum Gasteiger partial charge on any atom is -0.408 e. The molecule has 10 heteroatoms. The van der Waals surface area contributed by atoms with E-state index in [1.165, 1.54) is 12.1 Å². The summed E-state index contributed by atoms with van der Waals surface area (Å²) < 4.78 is 5.06. The maximum Gasteiger partial charge on any atom is 0.417 e. The molecule has 2 aliphatic rings. The molecule has 1 saturated heterocycles. The average molecular weight is 452 g/mol. The quantitative estimate of drug-likeness (QED) is 0.368. The van der Waals surface area contributed by atoms with Crippen LogP contribution in [0.5, 0.6) is 0 Å². The molecule has 2 aromatic carbocycles. The number of aromatic nitrogens is 1. The van der Waals surface area contributed by atoms with Crippen molar-refractivity contribution >= 4 is 22.7 Å². The molecule has 1 aliphatic heterocycles. The number of β-amino-alcohol motifs (C(OH)–C–C–N with tert-alkyl or cyclic N) is 1. The molecule has 10 nitrogen and oxygen atoms in total. The highest BCUT2D eigenvalue weighted by molar-refractivity contribution is 5.92. The van der Waals surface area contributed by atoms with Gasteiger partial charge in [0.2, 0.25) is 5.91 Å². The fraction of sp³-hybridized carbons (Fsp3) is 0.391. The van der Waals surface area contributed by atoms with Gasteiger partial charge in [0, 0.05) is 31.8 Å². The summed E-state index contributed by atoms with van der Waals surface area (Å²) in [7, 11) is 0. The van der Waals surface area contributed by atoms with Crippen LogP contribution in [0.25, 0.3) is 11.1 Å².